The number of carbonyl (C=O) groups excluding carboxylic acids is 1. The first-order chi connectivity index (χ1) is 6.20. The summed E-state index contributed by atoms with van der Waals surface area (Å²) in [7, 11) is 0. The minimum Gasteiger partial charge on any atom is -0.318 e. The smallest absolute Gasteiger partial charge is 0.183 e. The normalized spacial score (nSPS) is 15.9. The number of nitrogens with zero attached hydrogens (tertiary/aromatic N) is 1. The lowest BCUT2D eigenvalue weighted by atomic mass is 10.0. The highest BCUT2D eigenvalue weighted by Crippen LogP contribution is 2.24. The third-order valence-electron chi connectivity index (χ3n) is 2.40. The van der Waals surface area contributed by atoms with E-state index in [9.17, 15) is 4.79 Å². The van der Waals surface area contributed by atoms with Crippen LogP contribution < -0.4 is 0 Å². The fourth-order valence-electron chi connectivity index (χ4n) is 1.75. The lowest BCUT2D eigenvalue weighted by Crippen LogP contribution is -2.15. The second-order valence-corrected chi connectivity index (χ2v) is 3.67. The highest BCUT2D eigenvalue weighted by atomic mass is 16.1. The van der Waals surface area contributed by atoms with Crippen molar-refractivity contribution >= 4 is 11.5 Å². The lowest BCUT2D eigenvalue weighted by molar-refractivity contribution is 0.0986. The molecule has 0 fully saturated rings. The zero-order chi connectivity index (χ0) is 9.42. The molecule has 0 aromatic carbocycles. The van der Waals surface area contributed by atoms with Gasteiger partial charge in [-0.1, -0.05) is 19.9 Å². The van der Waals surface area contributed by atoms with E-state index in [2.05, 4.69) is 13.8 Å². The molecule has 1 aliphatic heterocycles. The summed E-state index contributed by atoms with van der Waals surface area (Å²) in [5.41, 5.74) is 2.06. The van der Waals surface area contributed by atoms with Crippen LogP contribution in [0.5, 0.6) is 0 Å². The Kier molecular flexibility index (Phi) is 1.83. The van der Waals surface area contributed by atoms with Gasteiger partial charge in [0.2, 0.25) is 0 Å². The predicted molar refractivity (Wildman–Crippen MR) is 52.5 cm³/mol. The molecule has 0 spiro atoms. The van der Waals surface area contributed by atoms with Crippen LogP contribution in [0.3, 0.4) is 0 Å². The molecule has 0 atom stereocenters. The van der Waals surface area contributed by atoms with Gasteiger partial charge in [0.1, 0.15) is 0 Å². The maximum Gasteiger partial charge on any atom is 0.183 e. The van der Waals surface area contributed by atoms with Gasteiger partial charge < -0.3 is 4.57 Å². The first kappa shape index (κ1) is 8.30. The summed E-state index contributed by atoms with van der Waals surface area (Å²) in [6.07, 6.45) is 4.54. The standard InChI is InChI=1S/C11H13NO/c1-8(2)9-5-6-11(13)10-4-3-7-12(9)10/h3-5,7-8H,6H2,1-2H3. The molecule has 0 saturated heterocycles. The number of fused-ring (bicyclic) bond motifs is 1. The highest BCUT2D eigenvalue weighted by molar-refractivity contribution is 5.99. The SMILES string of the molecule is CC(C)C1=CCC(=O)c2cccn21. The van der Waals surface area contributed by atoms with Crippen LogP contribution in [0.25, 0.3) is 5.70 Å². The summed E-state index contributed by atoms with van der Waals surface area (Å²) in [6.45, 7) is 4.29. The number of Topliss-reactive ketones (excluding diaryl/α,β-unsaturated/α-hetero) is 1. The molecule has 2 rings (SSSR count). The van der Waals surface area contributed by atoms with Crippen LogP contribution in [0.2, 0.25) is 0 Å². The van der Waals surface area contributed by atoms with Crippen LogP contribution in [0, 0.1) is 5.92 Å². The monoisotopic (exact) mass is 175 g/mol. The number of aromatic nitrogens is 1. The van der Waals surface area contributed by atoms with Crippen LogP contribution in [0.15, 0.2) is 24.4 Å². The van der Waals surface area contributed by atoms with Crippen molar-refractivity contribution in [2.75, 3.05) is 0 Å². The van der Waals surface area contributed by atoms with Gasteiger partial charge in [-0.05, 0) is 18.1 Å². The number of hydrogen-bond acceptors (Lipinski definition) is 1. The van der Waals surface area contributed by atoms with E-state index in [-0.39, 0.29) is 5.78 Å². The fourth-order valence-corrected chi connectivity index (χ4v) is 1.75. The number of rotatable bonds is 1. The van der Waals surface area contributed by atoms with Gasteiger partial charge >= 0.3 is 0 Å². The second-order valence-electron chi connectivity index (χ2n) is 3.67. The van der Waals surface area contributed by atoms with Crippen molar-refractivity contribution in [2.45, 2.75) is 20.3 Å². The van der Waals surface area contributed by atoms with Crippen molar-refractivity contribution in [3.05, 3.63) is 30.1 Å². The predicted octanol–water partition coefficient (Wildman–Crippen LogP) is 2.57. The summed E-state index contributed by atoms with van der Waals surface area (Å²) in [6, 6.07) is 3.81. The molecule has 0 radical (unpaired) electrons. The van der Waals surface area contributed by atoms with Gasteiger partial charge in [-0.2, -0.15) is 0 Å². The molecule has 68 valence electrons. The zero-order valence-electron chi connectivity index (χ0n) is 7.95. The van der Waals surface area contributed by atoms with E-state index in [1.54, 1.807) is 0 Å². The average Bonchev–Trinajstić information content (AvgIpc) is 2.53. The van der Waals surface area contributed by atoms with E-state index >= 15 is 0 Å². The molecule has 0 amide bonds. The van der Waals surface area contributed by atoms with Gasteiger partial charge in [0.15, 0.2) is 5.78 Å². The van der Waals surface area contributed by atoms with Crippen molar-refractivity contribution in [3.63, 3.8) is 0 Å². The summed E-state index contributed by atoms with van der Waals surface area (Å²) in [4.78, 5) is 11.4. The molecule has 1 aliphatic rings. The minimum atomic E-state index is 0.217. The lowest BCUT2D eigenvalue weighted by Gasteiger charge is -2.19. The minimum absolute atomic E-state index is 0.217. The topological polar surface area (TPSA) is 22.0 Å². The fraction of sp³-hybridized carbons (Fsp3) is 0.364. The van der Waals surface area contributed by atoms with E-state index in [1.807, 2.05) is 29.0 Å². The van der Waals surface area contributed by atoms with Crippen LogP contribution in [-0.4, -0.2) is 10.4 Å². The molecule has 0 saturated carbocycles. The van der Waals surface area contributed by atoms with Gasteiger partial charge in [0.05, 0.1) is 5.69 Å². The van der Waals surface area contributed by atoms with Crippen LogP contribution in [0.1, 0.15) is 30.8 Å². The van der Waals surface area contributed by atoms with Crippen molar-refractivity contribution in [2.24, 2.45) is 5.92 Å². The zero-order valence-corrected chi connectivity index (χ0v) is 7.95. The van der Waals surface area contributed by atoms with Gasteiger partial charge in [-0.25, -0.2) is 0 Å². The molecule has 0 aliphatic carbocycles. The first-order valence-corrected chi connectivity index (χ1v) is 4.61. The summed E-state index contributed by atoms with van der Waals surface area (Å²) < 4.78 is 2.00. The van der Waals surface area contributed by atoms with Gasteiger partial charge in [0.25, 0.3) is 0 Å². The molecule has 0 bridgehead atoms. The number of carbonyl (C=O) groups is 1. The molecular formula is C11H13NO. The maximum atomic E-state index is 11.4. The van der Waals surface area contributed by atoms with Gasteiger partial charge in [0, 0.05) is 18.3 Å². The van der Waals surface area contributed by atoms with Crippen molar-refractivity contribution < 1.29 is 4.79 Å². The quantitative estimate of drug-likeness (QED) is 0.643. The number of hydrogen-bond donors (Lipinski definition) is 0. The summed E-state index contributed by atoms with van der Waals surface area (Å²) >= 11 is 0. The molecule has 2 heterocycles. The first-order valence-electron chi connectivity index (χ1n) is 4.61. The largest absolute Gasteiger partial charge is 0.318 e. The van der Waals surface area contributed by atoms with Gasteiger partial charge in [-0.15, -0.1) is 0 Å². The van der Waals surface area contributed by atoms with Gasteiger partial charge in [-0.3, -0.25) is 4.79 Å². The Labute approximate surface area is 77.9 Å². The third-order valence-corrected chi connectivity index (χ3v) is 2.40. The van der Waals surface area contributed by atoms with Crippen LogP contribution in [0.4, 0.5) is 0 Å². The average molecular weight is 175 g/mol. The molecule has 2 heteroatoms. The Morgan fingerprint density at radius 1 is 1.46 bits per heavy atom. The Morgan fingerprint density at radius 3 is 2.92 bits per heavy atom. The van der Waals surface area contributed by atoms with E-state index in [0.717, 1.165) is 5.69 Å². The van der Waals surface area contributed by atoms with Crippen molar-refractivity contribution in [3.8, 4) is 0 Å². The van der Waals surface area contributed by atoms with Crippen LogP contribution >= 0.6 is 0 Å². The number of ketones is 1. The van der Waals surface area contributed by atoms with E-state index in [0.29, 0.717) is 12.3 Å². The Hall–Kier alpha value is -1.31. The highest BCUT2D eigenvalue weighted by Gasteiger charge is 2.18. The Bertz CT molecular complexity index is 371. The Morgan fingerprint density at radius 2 is 2.23 bits per heavy atom. The molecule has 0 N–H and O–H groups in total. The molecule has 0 unspecified atom stereocenters. The summed E-state index contributed by atoms with van der Waals surface area (Å²) in [5.74, 6) is 0.689. The van der Waals surface area contributed by atoms with E-state index in [1.165, 1.54) is 5.70 Å². The molecular weight excluding hydrogens is 162 g/mol. The molecule has 13 heavy (non-hydrogen) atoms. The summed E-state index contributed by atoms with van der Waals surface area (Å²) in [5, 5.41) is 0. The van der Waals surface area contributed by atoms with Crippen molar-refractivity contribution in [1.29, 1.82) is 0 Å². The number of allylic oxidation sites excluding steroid dienone is 2. The van der Waals surface area contributed by atoms with E-state index in [4.69, 9.17) is 0 Å². The van der Waals surface area contributed by atoms with Crippen LogP contribution in [-0.2, 0) is 0 Å². The molecule has 2 nitrogen and oxygen atoms in total. The second kappa shape index (κ2) is 2.87. The third kappa shape index (κ3) is 1.22. The molecule has 1 aromatic heterocycles. The Balaban J connectivity index is 2.52. The molecule has 1 aromatic rings. The van der Waals surface area contributed by atoms with Crippen molar-refractivity contribution in [1.82, 2.24) is 4.57 Å². The van der Waals surface area contributed by atoms with E-state index < -0.39 is 0 Å². The maximum absolute atomic E-state index is 11.4.